The molecule has 0 radical (unpaired) electrons. The number of primary amides is 1. The van der Waals surface area contributed by atoms with Gasteiger partial charge in [-0.05, 0) is 43.0 Å². The first-order chi connectivity index (χ1) is 17.4. The number of methoxy groups -OCH3 is 1. The first kappa shape index (κ1) is 25.7. The van der Waals surface area contributed by atoms with Crippen LogP contribution in [-0.2, 0) is 9.59 Å². The molecule has 8 nitrogen and oxygen atoms in total. The monoisotopic (exact) mass is 492 g/mol. The molecular weight excluding hydrogens is 456 g/mol. The number of piperazine rings is 1. The second kappa shape index (κ2) is 11.6. The Balaban J connectivity index is 1.40. The number of rotatable bonds is 7. The Bertz CT molecular complexity index is 1080. The second-order valence-electron chi connectivity index (χ2n) is 9.73. The summed E-state index contributed by atoms with van der Waals surface area (Å²) in [6, 6.07) is 13.9. The van der Waals surface area contributed by atoms with Gasteiger partial charge in [-0.3, -0.25) is 19.3 Å². The molecule has 8 heteroatoms. The van der Waals surface area contributed by atoms with Crippen LogP contribution in [-0.4, -0.2) is 66.9 Å². The summed E-state index contributed by atoms with van der Waals surface area (Å²) in [5.74, 6) is -0.203. The predicted octanol–water partition coefficient (Wildman–Crippen LogP) is 2.66. The number of amides is 3. The third-order valence-corrected chi connectivity index (χ3v) is 7.50. The second-order valence-corrected chi connectivity index (χ2v) is 9.73. The Kier molecular flexibility index (Phi) is 8.25. The van der Waals surface area contributed by atoms with Crippen molar-refractivity contribution in [3.63, 3.8) is 0 Å². The van der Waals surface area contributed by atoms with Crippen LogP contribution in [0.25, 0.3) is 0 Å². The molecule has 4 rings (SSSR count). The van der Waals surface area contributed by atoms with Crippen molar-refractivity contribution in [2.75, 3.05) is 33.3 Å². The van der Waals surface area contributed by atoms with Gasteiger partial charge in [0.2, 0.25) is 11.8 Å². The number of nitrogens with one attached hydrogen (secondary N) is 1. The lowest BCUT2D eigenvalue weighted by atomic mass is 9.82. The molecule has 0 bridgehead atoms. The highest BCUT2D eigenvalue weighted by Gasteiger charge is 2.38. The molecule has 0 aromatic heterocycles. The van der Waals surface area contributed by atoms with Crippen LogP contribution in [0.1, 0.15) is 53.2 Å². The van der Waals surface area contributed by atoms with Gasteiger partial charge in [0.15, 0.2) is 0 Å². The van der Waals surface area contributed by atoms with Crippen molar-refractivity contribution in [1.82, 2.24) is 15.1 Å². The van der Waals surface area contributed by atoms with Gasteiger partial charge in [0.1, 0.15) is 11.8 Å². The Morgan fingerprint density at radius 3 is 2.36 bits per heavy atom. The smallest absolute Gasteiger partial charge is 0.254 e. The lowest BCUT2D eigenvalue weighted by Gasteiger charge is -2.44. The normalized spacial score (nSPS) is 21.4. The first-order valence-electron chi connectivity index (χ1n) is 12.7. The molecule has 1 heterocycles. The van der Waals surface area contributed by atoms with E-state index in [1.165, 1.54) is 0 Å². The zero-order valence-electron chi connectivity index (χ0n) is 21.1. The van der Waals surface area contributed by atoms with Gasteiger partial charge < -0.3 is 20.7 Å². The summed E-state index contributed by atoms with van der Waals surface area (Å²) in [6.07, 6.45) is 3.75. The molecular formula is C28H36N4O4. The number of nitrogens with zero attached hydrogens (tertiary/aromatic N) is 2. The maximum absolute atomic E-state index is 13.4. The van der Waals surface area contributed by atoms with Crippen LogP contribution >= 0.6 is 0 Å². The van der Waals surface area contributed by atoms with Gasteiger partial charge in [0, 0.05) is 37.8 Å². The van der Waals surface area contributed by atoms with E-state index in [1.54, 1.807) is 25.3 Å². The molecule has 2 aromatic carbocycles. The Morgan fingerprint density at radius 1 is 1.00 bits per heavy atom. The van der Waals surface area contributed by atoms with Crippen LogP contribution in [0.3, 0.4) is 0 Å². The topological polar surface area (TPSA) is 105 Å². The Hall–Kier alpha value is -3.39. The highest BCUT2D eigenvalue weighted by molar-refractivity contribution is 5.95. The maximum atomic E-state index is 13.4. The average Bonchev–Trinajstić information content (AvgIpc) is 2.92. The zero-order chi connectivity index (χ0) is 25.7. The number of benzene rings is 2. The molecule has 3 N–H and O–H groups in total. The van der Waals surface area contributed by atoms with E-state index in [2.05, 4.69) is 10.2 Å². The minimum atomic E-state index is -0.845. The number of hydrogen-bond donors (Lipinski definition) is 2. The number of nitrogens with two attached hydrogens (primary N) is 1. The van der Waals surface area contributed by atoms with Crippen molar-refractivity contribution in [1.29, 1.82) is 0 Å². The third kappa shape index (κ3) is 5.70. The summed E-state index contributed by atoms with van der Waals surface area (Å²) in [7, 11) is 1.61. The summed E-state index contributed by atoms with van der Waals surface area (Å²) in [6.45, 7) is 4.58. The van der Waals surface area contributed by atoms with E-state index in [0.29, 0.717) is 43.1 Å². The van der Waals surface area contributed by atoms with Gasteiger partial charge in [-0.25, -0.2) is 0 Å². The summed E-state index contributed by atoms with van der Waals surface area (Å²) in [4.78, 5) is 42.8. The van der Waals surface area contributed by atoms with Crippen molar-refractivity contribution in [2.24, 2.45) is 11.7 Å². The van der Waals surface area contributed by atoms with E-state index < -0.39 is 11.9 Å². The van der Waals surface area contributed by atoms with Gasteiger partial charge in [0.25, 0.3) is 5.91 Å². The average molecular weight is 493 g/mol. The molecule has 1 saturated carbocycles. The first-order valence-corrected chi connectivity index (χ1v) is 12.7. The Labute approximate surface area is 212 Å². The van der Waals surface area contributed by atoms with Crippen LogP contribution in [0.4, 0.5) is 0 Å². The quantitative estimate of drug-likeness (QED) is 0.618. The number of carbonyl (C=O) groups is 3. The largest absolute Gasteiger partial charge is 0.496 e. The number of aryl methyl sites for hydroxylation is 1. The van der Waals surface area contributed by atoms with Gasteiger partial charge in [-0.2, -0.15) is 0 Å². The van der Waals surface area contributed by atoms with E-state index in [0.717, 1.165) is 31.2 Å². The van der Waals surface area contributed by atoms with Crippen molar-refractivity contribution in [3.05, 3.63) is 65.2 Å². The van der Waals surface area contributed by atoms with Gasteiger partial charge in [-0.1, -0.05) is 49.2 Å². The Morgan fingerprint density at radius 2 is 1.69 bits per heavy atom. The van der Waals surface area contributed by atoms with Crippen LogP contribution in [0.2, 0.25) is 0 Å². The minimum Gasteiger partial charge on any atom is -0.496 e. The summed E-state index contributed by atoms with van der Waals surface area (Å²) >= 11 is 0. The maximum Gasteiger partial charge on any atom is 0.254 e. The number of ether oxygens (including phenoxy) is 1. The molecule has 2 fully saturated rings. The van der Waals surface area contributed by atoms with E-state index in [-0.39, 0.29) is 23.8 Å². The highest BCUT2D eigenvalue weighted by Crippen LogP contribution is 2.31. The van der Waals surface area contributed by atoms with E-state index in [4.69, 9.17) is 10.5 Å². The fourth-order valence-corrected chi connectivity index (χ4v) is 5.46. The number of carbonyl (C=O) groups excluding carboxylic acids is 3. The zero-order valence-corrected chi connectivity index (χ0v) is 21.1. The van der Waals surface area contributed by atoms with Gasteiger partial charge >= 0.3 is 0 Å². The molecule has 3 atom stereocenters. The van der Waals surface area contributed by atoms with Crippen LogP contribution in [0, 0.1) is 12.8 Å². The van der Waals surface area contributed by atoms with E-state index >= 15 is 0 Å². The molecule has 3 amide bonds. The van der Waals surface area contributed by atoms with E-state index in [9.17, 15) is 14.4 Å². The minimum absolute atomic E-state index is 0.00181. The molecule has 2 aromatic rings. The molecule has 1 aliphatic heterocycles. The lowest BCUT2D eigenvalue weighted by molar-refractivity contribution is -0.133. The van der Waals surface area contributed by atoms with Crippen LogP contribution < -0.4 is 15.8 Å². The van der Waals surface area contributed by atoms with Crippen molar-refractivity contribution in [3.8, 4) is 5.75 Å². The van der Waals surface area contributed by atoms with E-state index in [1.807, 2.05) is 42.2 Å². The molecule has 36 heavy (non-hydrogen) atoms. The van der Waals surface area contributed by atoms with Crippen molar-refractivity contribution < 1.29 is 19.1 Å². The molecule has 0 spiro atoms. The van der Waals surface area contributed by atoms with Crippen LogP contribution in [0.15, 0.2) is 48.5 Å². The molecule has 1 aliphatic carbocycles. The van der Waals surface area contributed by atoms with Crippen LogP contribution in [0.5, 0.6) is 5.75 Å². The van der Waals surface area contributed by atoms with Gasteiger partial charge in [0.05, 0.1) is 13.0 Å². The molecule has 1 saturated heterocycles. The fourth-order valence-electron chi connectivity index (χ4n) is 5.46. The van der Waals surface area contributed by atoms with Crippen molar-refractivity contribution in [2.45, 2.75) is 44.7 Å². The van der Waals surface area contributed by atoms with Gasteiger partial charge in [-0.15, -0.1) is 0 Å². The third-order valence-electron chi connectivity index (χ3n) is 7.50. The summed E-state index contributed by atoms with van der Waals surface area (Å²) in [5.41, 5.74) is 7.93. The summed E-state index contributed by atoms with van der Waals surface area (Å²) < 4.78 is 5.38. The van der Waals surface area contributed by atoms with Crippen molar-refractivity contribution >= 4 is 17.7 Å². The molecule has 0 unspecified atom stereocenters. The SMILES string of the molecule is COc1cc(C(=O)N2CCN([C@@H]3CCCC[C@H]3C(=O)N[C@H](C(N)=O)c3ccccc3)CC2)ccc1C. The standard InChI is InChI=1S/C28H36N4O4/c1-19-12-13-21(18-24(19)36-2)28(35)32-16-14-31(15-17-32)23-11-7-6-10-22(23)27(34)30-25(26(29)33)20-8-4-3-5-9-20/h3-5,8-9,12-13,18,22-23,25H,6-7,10-11,14-17H2,1-2H3,(H2,29,33)(H,30,34)/t22-,23-,25+/m1/s1. The predicted molar refractivity (Wildman–Crippen MR) is 137 cm³/mol. The lowest BCUT2D eigenvalue weighted by Crippen LogP contribution is -2.56. The summed E-state index contributed by atoms with van der Waals surface area (Å²) in [5, 5.41) is 2.92. The molecule has 192 valence electrons. The fraction of sp³-hybridized carbons (Fsp3) is 0.464. The number of hydrogen-bond acceptors (Lipinski definition) is 5. The highest BCUT2D eigenvalue weighted by atomic mass is 16.5. The molecule has 2 aliphatic rings.